The van der Waals surface area contributed by atoms with E-state index >= 15 is 0 Å². The first-order valence-corrected chi connectivity index (χ1v) is 8.62. The second kappa shape index (κ2) is 6.08. The Bertz CT molecular complexity index is 974. The lowest BCUT2D eigenvalue weighted by atomic mass is 10.2. The molecule has 3 rings (SSSR count). The molecule has 0 saturated carbocycles. The lowest BCUT2D eigenvalue weighted by Crippen LogP contribution is -2.24. The van der Waals surface area contributed by atoms with Crippen molar-refractivity contribution in [3.8, 4) is 11.5 Å². The van der Waals surface area contributed by atoms with E-state index in [9.17, 15) is 17.6 Å². The average Bonchev–Trinajstić information content (AvgIpc) is 2.89. The predicted octanol–water partition coefficient (Wildman–Crippen LogP) is 3.37. The van der Waals surface area contributed by atoms with Crippen molar-refractivity contribution >= 4 is 27.6 Å². The monoisotopic (exact) mass is 388 g/mol. The molecule has 1 aliphatic rings. The molecule has 1 aliphatic heterocycles. The lowest BCUT2D eigenvalue weighted by molar-refractivity contribution is -0.147. The molecule has 1 heterocycles. The Labute approximate surface area is 146 Å². The number of rotatable bonds is 3. The van der Waals surface area contributed by atoms with Gasteiger partial charge in [0.15, 0.2) is 11.5 Å². The third-order valence-electron chi connectivity index (χ3n) is 3.38. The van der Waals surface area contributed by atoms with Crippen LogP contribution in [0.1, 0.15) is 5.56 Å². The smallest absolute Gasteiger partial charge is 0.450 e. The molecule has 1 unspecified atom stereocenters. The maximum Gasteiger partial charge on any atom is 0.511 e. The van der Waals surface area contributed by atoms with Crippen LogP contribution >= 0.6 is 11.6 Å². The number of hydrogen-bond donors (Lipinski definition) is 1. The summed E-state index contributed by atoms with van der Waals surface area (Å²) in [5.41, 5.74) is 0.318. The molecule has 0 saturated heterocycles. The summed E-state index contributed by atoms with van der Waals surface area (Å²) in [7, 11) is -4.01. The number of halogens is 2. The maximum atomic E-state index is 13.3. The molecular weight excluding hydrogens is 379 g/mol. The van der Waals surface area contributed by atoms with E-state index in [1.54, 1.807) is 0 Å². The van der Waals surface area contributed by atoms with Crippen molar-refractivity contribution in [1.82, 2.24) is 0 Å². The summed E-state index contributed by atoms with van der Waals surface area (Å²) in [6.45, 7) is -0.00217. The molecule has 0 spiro atoms. The Morgan fingerprint density at radius 3 is 2.48 bits per heavy atom. The van der Waals surface area contributed by atoms with Crippen LogP contribution in [0.15, 0.2) is 40.1 Å². The topological polar surface area (TPSA) is 99.1 Å². The van der Waals surface area contributed by atoms with Crippen molar-refractivity contribution in [1.29, 1.82) is 0 Å². The molecule has 0 aromatic heterocycles. The summed E-state index contributed by atoms with van der Waals surface area (Å²) in [6, 6.07) is 5.61. The van der Waals surface area contributed by atoms with Crippen LogP contribution in [0.5, 0.6) is 11.5 Å². The van der Waals surface area contributed by atoms with Gasteiger partial charge < -0.3 is 19.3 Å². The number of carbonyl (C=O) groups is 1. The maximum absolute atomic E-state index is 13.3. The number of aryl methyl sites for hydroxylation is 1. The largest absolute Gasteiger partial charge is 0.511 e. The van der Waals surface area contributed by atoms with E-state index in [1.807, 2.05) is 0 Å². The van der Waals surface area contributed by atoms with Gasteiger partial charge >= 0.3 is 12.6 Å². The molecule has 10 heteroatoms. The van der Waals surface area contributed by atoms with Gasteiger partial charge in [0.05, 0.1) is 14.8 Å². The van der Waals surface area contributed by atoms with Gasteiger partial charge in [0, 0.05) is 6.07 Å². The Hall–Kier alpha value is -2.52. The van der Waals surface area contributed by atoms with Crippen LogP contribution in [-0.2, 0) is 14.6 Å². The second-order valence-corrected chi connectivity index (χ2v) is 7.38. The highest BCUT2D eigenvalue weighted by Gasteiger charge is 2.31. The third kappa shape index (κ3) is 3.20. The SMILES string of the molecule is Cc1cc2c(cc1S(=O)(=O)c1ccc(F)c(Cl)c1)OC(OC(=O)O)O2. The van der Waals surface area contributed by atoms with E-state index in [4.69, 9.17) is 26.2 Å². The van der Waals surface area contributed by atoms with Gasteiger partial charge in [-0.2, -0.15) is 0 Å². The van der Waals surface area contributed by atoms with Crippen LogP contribution in [0.2, 0.25) is 5.02 Å². The van der Waals surface area contributed by atoms with Gasteiger partial charge in [-0.05, 0) is 36.8 Å². The highest BCUT2D eigenvalue weighted by atomic mass is 35.5. The van der Waals surface area contributed by atoms with E-state index in [1.165, 1.54) is 19.1 Å². The summed E-state index contributed by atoms with van der Waals surface area (Å²) in [5.74, 6) is -0.597. The van der Waals surface area contributed by atoms with Crippen LogP contribution in [0.3, 0.4) is 0 Å². The molecular formula is C15H10ClFO7S. The molecule has 0 bridgehead atoms. The van der Waals surface area contributed by atoms with Crippen molar-refractivity contribution < 1.29 is 36.9 Å². The summed E-state index contributed by atoms with van der Waals surface area (Å²) >= 11 is 5.65. The van der Waals surface area contributed by atoms with Gasteiger partial charge in [0.2, 0.25) is 9.84 Å². The highest BCUT2D eigenvalue weighted by Crippen LogP contribution is 2.40. The minimum atomic E-state index is -4.01. The van der Waals surface area contributed by atoms with E-state index in [0.717, 1.165) is 18.2 Å². The van der Waals surface area contributed by atoms with Crippen molar-refractivity contribution in [2.75, 3.05) is 0 Å². The number of carboxylic acid groups (broad SMARTS) is 1. The van der Waals surface area contributed by atoms with Crippen LogP contribution in [-0.4, -0.2) is 26.2 Å². The van der Waals surface area contributed by atoms with Gasteiger partial charge in [-0.25, -0.2) is 17.6 Å². The molecule has 0 fully saturated rings. The first kappa shape index (κ1) is 17.3. The van der Waals surface area contributed by atoms with Crippen LogP contribution < -0.4 is 9.47 Å². The first-order valence-electron chi connectivity index (χ1n) is 6.76. The molecule has 2 aromatic rings. The molecule has 0 amide bonds. The molecule has 0 radical (unpaired) electrons. The van der Waals surface area contributed by atoms with Crippen LogP contribution in [0, 0.1) is 12.7 Å². The van der Waals surface area contributed by atoms with Crippen molar-refractivity contribution in [3.63, 3.8) is 0 Å². The zero-order valence-electron chi connectivity index (χ0n) is 12.5. The van der Waals surface area contributed by atoms with E-state index in [2.05, 4.69) is 4.74 Å². The first-order chi connectivity index (χ1) is 11.7. The molecule has 132 valence electrons. The predicted molar refractivity (Wildman–Crippen MR) is 82.2 cm³/mol. The second-order valence-electron chi connectivity index (χ2n) is 5.05. The fourth-order valence-corrected chi connectivity index (χ4v) is 4.01. The summed E-state index contributed by atoms with van der Waals surface area (Å²) in [6.07, 6.45) is -1.61. The van der Waals surface area contributed by atoms with Gasteiger partial charge in [-0.3, -0.25) is 0 Å². The molecule has 0 aliphatic carbocycles. The molecule has 25 heavy (non-hydrogen) atoms. The minimum Gasteiger partial charge on any atom is -0.450 e. The van der Waals surface area contributed by atoms with E-state index in [-0.39, 0.29) is 26.3 Å². The molecule has 7 nitrogen and oxygen atoms in total. The zero-order chi connectivity index (χ0) is 18.4. The zero-order valence-corrected chi connectivity index (χ0v) is 14.1. The molecule has 2 aromatic carbocycles. The van der Waals surface area contributed by atoms with E-state index in [0.29, 0.717) is 5.56 Å². The Morgan fingerprint density at radius 2 is 1.88 bits per heavy atom. The van der Waals surface area contributed by atoms with Gasteiger partial charge in [-0.15, -0.1) is 0 Å². The number of ether oxygens (including phenoxy) is 3. The average molecular weight is 389 g/mol. The third-order valence-corrected chi connectivity index (χ3v) is 5.56. The minimum absolute atomic E-state index is 0.00336. The fraction of sp³-hybridized carbons (Fsp3) is 0.133. The van der Waals surface area contributed by atoms with Crippen LogP contribution in [0.4, 0.5) is 9.18 Å². The summed E-state index contributed by atoms with van der Waals surface area (Å²) in [4.78, 5) is 10.2. The summed E-state index contributed by atoms with van der Waals surface area (Å²) in [5, 5.41) is 8.24. The fourth-order valence-electron chi connectivity index (χ4n) is 2.25. The molecule has 1 N–H and O–H groups in total. The van der Waals surface area contributed by atoms with Crippen molar-refractivity contribution in [2.45, 2.75) is 23.2 Å². The van der Waals surface area contributed by atoms with Crippen LogP contribution in [0.25, 0.3) is 0 Å². The standard InChI is InChI=1S/C15H10ClFO7S/c1-7-4-11-12(23-15(22-11)24-14(18)19)6-13(7)25(20,21)8-2-3-10(17)9(16)5-8/h2-6,15H,1H3,(H,18,19). The normalized spacial score (nSPS) is 15.9. The van der Waals surface area contributed by atoms with Crippen molar-refractivity contribution in [3.05, 3.63) is 46.7 Å². The van der Waals surface area contributed by atoms with Gasteiger partial charge in [0.1, 0.15) is 5.82 Å². The van der Waals surface area contributed by atoms with Gasteiger partial charge in [0.25, 0.3) is 0 Å². The Balaban J connectivity index is 2.01. The number of sulfone groups is 1. The Kier molecular flexibility index (Phi) is 4.21. The number of fused-ring (bicyclic) bond motifs is 1. The van der Waals surface area contributed by atoms with E-state index < -0.39 is 28.3 Å². The highest BCUT2D eigenvalue weighted by molar-refractivity contribution is 7.91. The Morgan fingerprint density at radius 1 is 1.24 bits per heavy atom. The van der Waals surface area contributed by atoms with Crippen molar-refractivity contribution in [2.24, 2.45) is 0 Å². The van der Waals surface area contributed by atoms with Gasteiger partial charge in [-0.1, -0.05) is 11.6 Å². The number of benzene rings is 2. The summed E-state index contributed by atoms with van der Waals surface area (Å²) < 4.78 is 53.4. The lowest BCUT2D eigenvalue weighted by Gasteiger charge is -2.09. The molecule has 1 atom stereocenters. The quantitative estimate of drug-likeness (QED) is 0.635. The number of hydrogen-bond acceptors (Lipinski definition) is 6.